The van der Waals surface area contributed by atoms with E-state index in [1.165, 1.54) is 0 Å². The highest BCUT2D eigenvalue weighted by atomic mass is 16.5. The van der Waals surface area contributed by atoms with E-state index < -0.39 is 0 Å². The Morgan fingerprint density at radius 1 is 0.558 bits per heavy atom. The van der Waals surface area contributed by atoms with Crippen molar-refractivity contribution in [2.24, 2.45) is 10.2 Å². The largest absolute Gasteiger partial charge is 0.489 e. The normalized spacial score (nSPS) is 11.0. The monoisotopic (exact) mass is 576 g/mol. The Balaban J connectivity index is 1.06. The molecular formula is C35H36N4O4. The molecule has 4 rings (SSSR count). The van der Waals surface area contributed by atoms with Crippen LogP contribution in [0.3, 0.4) is 0 Å². The average molecular weight is 577 g/mol. The van der Waals surface area contributed by atoms with Gasteiger partial charge >= 0.3 is 0 Å². The van der Waals surface area contributed by atoms with Crippen LogP contribution >= 0.6 is 0 Å². The molecule has 0 aromatic heterocycles. The number of unbranched alkanes of at least 4 members (excludes halogenated alkanes) is 2. The Hall–Kier alpha value is -5.24. The maximum absolute atomic E-state index is 12.1. The van der Waals surface area contributed by atoms with E-state index in [9.17, 15) is 9.59 Å². The molecule has 0 fully saturated rings. The fourth-order valence-electron chi connectivity index (χ4n) is 4.07. The van der Waals surface area contributed by atoms with Crippen LogP contribution in [0.25, 0.3) is 0 Å². The van der Waals surface area contributed by atoms with Gasteiger partial charge in [0.05, 0.1) is 12.4 Å². The van der Waals surface area contributed by atoms with Crippen molar-refractivity contribution in [3.8, 4) is 11.5 Å². The summed E-state index contributed by atoms with van der Waals surface area (Å²) >= 11 is 0. The number of carbonyl (C=O) groups excluding carboxylic acids is 2. The van der Waals surface area contributed by atoms with E-state index in [4.69, 9.17) is 9.47 Å². The molecule has 0 aliphatic rings. The fraction of sp³-hybridized carbons (Fsp3) is 0.200. The van der Waals surface area contributed by atoms with Gasteiger partial charge in [0.1, 0.15) is 24.7 Å². The summed E-state index contributed by atoms with van der Waals surface area (Å²) in [4.78, 5) is 24.2. The zero-order chi connectivity index (χ0) is 30.0. The Bertz CT molecular complexity index is 1380. The van der Waals surface area contributed by atoms with Crippen molar-refractivity contribution < 1.29 is 19.1 Å². The van der Waals surface area contributed by atoms with Gasteiger partial charge in [0.2, 0.25) is 11.8 Å². The van der Waals surface area contributed by atoms with Crippen molar-refractivity contribution in [3.63, 3.8) is 0 Å². The molecular weight excluding hydrogens is 540 g/mol. The third kappa shape index (κ3) is 12.0. The summed E-state index contributed by atoms with van der Waals surface area (Å²) in [6, 6.07) is 34.9. The van der Waals surface area contributed by atoms with Crippen molar-refractivity contribution in [2.45, 2.75) is 45.3 Å². The molecule has 0 saturated heterocycles. The topological polar surface area (TPSA) is 101 Å². The van der Waals surface area contributed by atoms with E-state index in [1.54, 1.807) is 12.4 Å². The summed E-state index contributed by atoms with van der Waals surface area (Å²) in [5.41, 5.74) is 8.93. The molecule has 8 nitrogen and oxygen atoms in total. The first-order valence-corrected chi connectivity index (χ1v) is 14.3. The molecule has 4 aromatic carbocycles. The third-order valence-electron chi connectivity index (χ3n) is 6.33. The molecule has 2 N–H and O–H groups in total. The van der Waals surface area contributed by atoms with Crippen LogP contribution in [0.15, 0.2) is 119 Å². The Morgan fingerprint density at radius 2 is 1.00 bits per heavy atom. The van der Waals surface area contributed by atoms with Crippen molar-refractivity contribution in [1.82, 2.24) is 10.9 Å². The van der Waals surface area contributed by atoms with Crippen molar-refractivity contribution in [1.29, 1.82) is 0 Å². The Labute approximate surface area is 252 Å². The highest BCUT2D eigenvalue weighted by Gasteiger charge is 2.03. The first-order chi connectivity index (χ1) is 21.1. The first-order valence-electron chi connectivity index (χ1n) is 14.3. The Morgan fingerprint density at radius 3 is 1.44 bits per heavy atom. The van der Waals surface area contributed by atoms with Gasteiger partial charge in [-0.25, -0.2) is 10.9 Å². The van der Waals surface area contributed by atoms with E-state index in [1.807, 2.05) is 109 Å². The predicted molar refractivity (Wildman–Crippen MR) is 169 cm³/mol. The van der Waals surface area contributed by atoms with E-state index in [-0.39, 0.29) is 11.8 Å². The number of amides is 2. The third-order valence-corrected chi connectivity index (χ3v) is 6.33. The molecule has 0 aliphatic carbocycles. The molecule has 0 saturated carbocycles. The molecule has 0 unspecified atom stereocenters. The van der Waals surface area contributed by atoms with Crippen LogP contribution in [0.5, 0.6) is 11.5 Å². The van der Waals surface area contributed by atoms with Crippen molar-refractivity contribution >= 4 is 24.2 Å². The second-order valence-electron chi connectivity index (χ2n) is 9.84. The lowest BCUT2D eigenvalue weighted by Gasteiger charge is -2.07. The molecule has 0 bridgehead atoms. The lowest BCUT2D eigenvalue weighted by Crippen LogP contribution is -2.18. The smallest absolute Gasteiger partial charge is 0.240 e. The second kappa shape index (κ2) is 17.5. The van der Waals surface area contributed by atoms with Gasteiger partial charge in [0.15, 0.2) is 0 Å². The molecule has 0 radical (unpaired) electrons. The first kappa shape index (κ1) is 30.7. The number of hydrogen-bond acceptors (Lipinski definition) is 6. The van der Waals surface area contributed by atoms with Gasteiger partial charge in [-0.05, 0) is 59.4 Å². The fourth-order valence-corrected chi connectivity index (χ4v) is 4.07. The lowest BCUT2D eigenvalue weighted by atomic mass is 10.1. The summed E-state index contributed by atoms with van der Waals surface area (Å²) in [7, 11) is 0. The molecule has 220 valence electrons. The highest BCUT2D eigenvalue weighted by molar-refractivity contribution is 5.83. The highest BCUT2D eigenvalue weighted by Crippen LogP contribution is 2.15. The quantitative estimate of drug-likeness (QED) is 0.0916. The van der Waals surface area contributed by atoms with Crippen molar-refractivity contribution in [2.75, 3.05) is 0 Å². The second-order valence-corrected chi connectivity index (χ2v) is 9.84. The minimum absolute atomic E-state index is 0.170. The Kier molecular flexibility index (Phi) is 12.5. The average Bonchev–Trinajstić information content (AvgIpc) is 3.04. The van der Waals surface area contributed by atoms with Gasteiger partial charge in [-0.2, -0.15) is 10.2 Å². The van der Waals surface area contributed by atoms with Crippen LogP contribution < -0.4 is 20.3 Å². The van der Waals surface area contributed by atoms with E-state index in [2.05, 4.69) is 21.1 Å². The summed E-state index contributed by atoms with van der Waals surface area (Å²) in [6.45, 7) is 0.959. The van der Waals surface area contributed by atoms with Crippen LogP contribution in [-0.2, 0) is 22.8 Å². The van der Waals surface area contributed by atoms with Gasteiger partial charge in [-0.3, -0.25) is 9.59 Å². The molecule has 0 heterocycles. The maximum Gasteiger partial charge on any atom is 0.240 e. The molecule has 43 heavy (non-hydrogen) atoms. The van der Waals surface area contributed by atoms with Gasteiger partial charge in [-0.1, -0.05) is 91.3 Å². The lowest BCUT2D eigenvalue weighted by molar-refractivity contribution is -0.121. The minimum atomic E-state index is -0.170. The number of carbonyl (C=O) groups is 2. The van der Waals surface area contributed by atoms with Gasteiger partial charge in [-0.15, -0.1) is 0 Å². The number of hydrazone groups is 2. The summed E-state index contributed by atoms with van der Waals surface area (Å²) < 4.78 is 11.7. The van der Waals surface area contributed by atoms with E-state index in [0.29, 0.717) is 38.9 Å². The number of nitrogens with one attached hydrogen (secondary N) is 2. The summed E-state index contributed by atoms with van der Waals surface area (Å²) in [6.07, 6.45) is 5.92. The van der Waals surface area contributed by atoms with Crippen LogP contribution in [0.1, 0.15) is 54.4 Å². The number of ether oxygens (including phenoxy) is 2. The zero-order valence-corrected chi connectivity index (χ0v) is 24.0. The predicted octanol–water partition coefficient (Wildman–Crippen LogP) is 6.40. The van der Waals surface area contributed by atoms with Crippen molar-refractivity contribution in [3.05, 3.63) is 131 Å². The molecule has 2 amide bonds. The van der Waals surface area contributed by atoms with Gasteiger partial charge < -0.3 is 9.47 Å². The summed E-state index contributed by atoms with van der Waals surface area (Å²) in [5, 5.41) is 8.10. The molecule has 0 spiro atoms. The van der Waals surface area contributed by atoms with Crippen LogP contribution in [-0.4, -0.2) is 24.2 Å². The minimum Gasteiger partial charge on any atom is -0.489 e. The SMILES string of the molecule is O=C(CCCCCC(=O)NN=Cc1cccc(OCc2ccccc2)c1)NN=Cc1cccc(OCc2ccccc2)c1. The van der Waals surface area contributed by atoms with Gasteiger partial charge in [0, 0.05) is 12.8 Å². The van der Waals surface area contributed by atoms with Crippen LogP contribution in [0.2, 0.25) is 0 Å². The maximum atomic E-state index is 12.1. The molecule has 8 heteroatoms. The zero-order valence-electron chi connectivity index (χ0n) is 24.0. The molecule has 0 aliphatic heterocycles. The van der Waals surface area contributed by atoms with Crippen LogP contribution in [0, 0.1) is 0 Å². The standard InChI is InChI=1S/C35H36N4O4/c40-34(38-36-24-30-16-10-18-32(22-30)42-26-28-12-4-1-5-13-28)20-8-3-9-21-35(41)39-37-25-31-17-11-19-33(23-31)43-27-29-14-6-2-7-15-29/h1-2,4-7,10-19,22-25H,3,8-9,20-21,26-27H2,(H,38,40)(H,39,41). The van der Waals surface area contributed by atoms with E-state index in [0.717, 1.165) is 40.2 Å². The number of nitrogens with zero attached hydrogens (tertiary/aromatic N) is 2. The van der Waals surface area contributed by atoms with E-state index >= 15 is 0 Å². The van der Waals surface area contributed by atoms with Gasteiger partial charge in [0.25, 0.3) is 0 Å². The molecule has 0 atom stereocenters. The molecule has 4 aromatic rings. The number of hydrogen-bond donors (Lipinski definition) is 2. The summed E-state index contributed by atoms with van der Waals surface area (Å²) in [5.74, 6) is 1.12. The van der Waals surface area contributed by atoms with Crippen LogP contribution in [0.4, 0.5) is 0 Å². The number of benzene rings is 4. The number of rotatable bonds is 16.